The largest absolute Gasteiger partial charge is 0.371 e. The van der Waals surface area contributed by atoms with E-state index in [1.54, 1.807) is 18.2 Å². The van der Waals surface area contributed by atoms with E-state index in [-0.39, 0.29) is 24.1 Å². The zero-order valence-electron chi connectivity index (χ0n) is 32.2. The highest BCUT2D eigenvalue weighted by Gasteiger charge is 2.46. The van der Waals surface area contributed by atoms with Crippen molar-refractivity contribution in [1.29, 1.82) is 0 Å². The molecule has 4 amide bonds. The number of fused-ring (bicyclic) bond motifs is 1. The third kappa shape index (κ3) is 6.93. The third-order valence-electron chi connectivity index (χ3n) is 13.8. The number of amides is 4. The summed E-state index contributed by atoms with van der Waals surface area (Å²) < 4.78 is 15.6. The number of hydrogen-bond acceptors (Lipinski definition) is 8. The summed E-state index contributed by atoms with van der Waals surface area (Å²) >= 11 is 6.38. The monoisotopic (exact) mass is 791 g/mol. The number of halogens is 2. The molecule has 6 heterocycles. The minimum Gasteiger partial charge on any atom is -0.371 e. The Morgan fingerprint density at radius 1 is 0.842 bits per heavy atom. The standard InChI is InChI=1S/C44H47ClFN7O4/c1-27-22-44(26-52(27)33-6-8-38(47-2)36(45)20-33)13-17-50(18-14-44)32-4-3-29(37(46)21-32)23-49-15-11-28(12-16-49)30-24-51(25-30)31-5-7-34-35(19-31)43(57)53(42(34)56)39-9-10-40(54)48-41(39)55/h3-8,19-21,27-28,30,39H,9-18,22-26H2,1H3,(H,48,54,55)/t27-,39?/m0/s1. The van der Waals surface area contributed by atoms with Gasteiger partial charge in [0.15, 0.2) is 0 Å². The number of anilines is 3. The summed E-state index contributed by atoms with van der Waals surface area (Å²) in [7, 11) is 0. The maximum absolute atomic E-state index is 15.6. The first-order chi connectivity index (χ1) is 27.5. The molecule has 0 bridgehead atoms. The van der Waals surface area contributed by atoms with Crippen molar-refractivity contribution >= 4 is 58.0 Å². The van der Waals surface area contributed by atoms with E-state index in [1.165, 1.54) is 0 Å². The second-order valence-corrected chi connectivity index (χ2v) is 17.6. The number of imide groups is 2. The van der Waals surface area contributed by atoms with Crippen molar-refractivity contribution in [2.45, 2.75) is 70.5 Å². The Kier molecular flexibility index (Phi) is 9.72. The van der Waals surface area contributed by atoms with Gasteiger partial charge in [-0.1, -0.05) is 23.7 Å². The summed E-state index contributed by atoms with van der Waals surface area (Å²) in [6.45, 7) is 16.5. The number of nitrogens with zero attached hydrogens (tertiary/aromatic N) is 6. The van der Waals surface area contributed by atoms with Gasteiger partial charge in [0.25, 0.3) is 11.8 Å². The van der Waals surface area contributed by atoms with E-state index in [4.69, 9.17) is 18.2 Å². The fourth-order valence-corrected chi connectivity index (χ4v) is 10.6. The van der Waals surface area contributed by atoms with Crippen LogP contribution in [0.15, 0.2) is 54.6 Å². The smallest absolute Gasteiger partial charge is 0.262 e. The average Bonchev–Trinajstić information content (AvgIpc) is 3.63. The van der Waals surface area contributed by atoms with Crippen LogP contribution in [0.1, 0.15) is 78.1 Å². The van der Waals surface area contributed by atoms with Crippen molar-refractivity contribution < 1.29 is 23.6 Å². The highest BCUT2D eigenvalue weighted by Crippen LogP contribution is 2.46. The molecule has 9 rings (SSSR count). The lowest BCUT2D eigenvalue weighted by Crippen LogP contribution is -2.54. The van der Waals surface area contributed by atoms with Crippen molar-refractivity contribution in [2.75, 3.05) is 60.5 Å². The van der Waals surface area contributed by atoms with Crippen molar-refractivity contribution in [3.63, 3.8) is 0 Å². The Morgan fingerprint density at radius 3 is 2.25 bits per heavy atom. The third-order valence-corrected chi connectivity index (χ3v) is 14.1. The lowest BCUT2D eigenvalue weighted by molar-refractivity contribution is -0.136. The molecule has 0 radical (unpaired) electrons. The average molecular weight is 792 g/mol. The van der Waals surface area contributed by atoms with E-state index in [2.05, 4.69) is 42.8 Å². The second-order valence-electron chi connectivity index (χ2n) is 17.1. The SMILES string of the molecule is [C-]#[N+]c1ccc(N2CC3(CCN(c4ccc(CN5CCC(C6CN(c7ccc8c(c7)C(=O)N(C7CCC(=O)NC7=O)C8=O)C6)CC5)c(F)c4)CC3)C[C@@H]2C)cc1Cl. The van der Waals surface area contributed by atoms with Gasteiger partial charge in [0.1, 0.15) is 11.9 Å². The molecule has 11 nitrogen and oxygen atoms in total. The van der Waals surface area contributed by atoms with Crippen LogP contribution in [0.25, 0.3) is 4.85 Å². The molecule has 1 N–H and O–H groups in total. The van der Waals surface area contributed by atoms with E-state index in [9.17, 15) is 19.2 Å². The molecule has 3 aromatic carbocycles. The molecule has 296 valence electrons. The van der Waals surface area contributed by atoms with Crippen LogP contribution < -0.4 is 20.0 Å². The summed E-state index contributed by atoms with van der Waals surface area (Å²) in [5.41, 5.74) is 4.96. The molecule has 5 saturated heterocycles. The van der Waals surface area contributed by atoms with Gasteiger partial charge in [0, 0.05) is 79.4 Å². The van der Waals surface area contributed by atoms with Crippen molar-refractivity contribution in [1.82, 2.24) is 15.1 Å². The van der Waals surface area contributed by atoms with Crippen LogP contribution in [0.4, 0.5) is 27.1 Å². The number of rotatable bonds is 7. The van der Waals surface area contributed by atoms with Crippen LogP contribution in [0.3, 0.4) is 0 Å². The first-order valence-corrected chi connectivity index (χ1v) is 20.7. The summed E-state index contributed by atoms with van der Waals surface area (Å²) in [6.07, 6.45) is 5.56. The van der Waals surface area contributed by atoms with Gasteiger partial charge in [-0.25, -0.2) is 9.24 Å². The summed E-state index contributed by atoms with van der Waals surface area (Å²) in [5, 5.41) is 2.74. The predicted molar refractivity (Wildman–Crippen MR) is 216 cm³/mol. The molecule has 13 heteroatoms. The zero-order chi connectivity index (χ0) is 39.6. The van der Waals surface area contributed by atoms with Gasteiger partial charge in [0.2, 0.25) is 17.5 Å². The minimum atomic E-state index is -0.972. The quantitative estimate of drug-likeness (QED) is 0.210. The number of hydrogen-bond donors (Lipinski definition) is 1. The van der Waals surface area contributed by atoms with Crippen LogP contribution in [-0.2, 0) is 16.1 Å². The van der Waals surface area contributed by atoms with Crippen LogP contribution >= 0.6 is 11.6 Å². The molecule has 3 aromatic rings. The molecule has 1 unspecified atom stereocenters. The molecule has 6 aliphatic heterocycles. The van der Waals surface area contributed by atoms with Crippen LogP contribution in [0, 0.1) is 29.6 Å². The number of piperidine rings is 3. The van der Waals surface area contributed by atoms with Gasteiger partial charge in [-0.15, -0.1) is 0 Å². The highest BCUT2D eigenvalue weighted by atomic mass is 35.5. The summed E-state index contributed by atoms with van der Waals surface area (Å²) in [4.78, 5) is 64.3. The van der Waals surface area contributed by atoms with E-state index in [1.807, 2.05) is 30.3 Å². The number of benzene rings is 3. The van der Waals surface area contributed by atoms with E-state index in [0.29, 0.717) is 46.3 Å². The van der Waals surface area contributed by atoms with Crippen LogP contribution in [-0.4, -0.2) is 91.3 Å². The van der Waals surface area contributed by atoms with Gasteiger partial charge in [-0.2, -0.15) is 0 Å². The Morgan fingerprint density at radius 2 is 1.54 bits per heavy atom. The van der Waals surface area contributed by atoms with E-state index >= 15 is 4.39 Å². The summed E-state index contributed by atoms with van der Waals surface area (Å²) in [5.74, 6) is -1.01. The maximum Gasteiger partial charge on any atom is 0.262 e. The fraction of sp³-hybridized carbons (Fsp3) is 0.477. The number of carbonyl (C=O) groups is 4. The lowest BCUT2D eigenvalue weighted by Gasteiger charge is -2.47. The molecule has 2 atom stereocenters. The van der Waals surface area contributed by atoms with E-state index < -0.39 is 29.7 Å². The number of nitrogens with one attached hydrogen (secondary N) is 1. The highest BCUT2D eigenvalue weighted by molar-refractivity contribution is 6.33. The topological polar surface area (TPSA) is 101 Å². The zero-order valence-corrected chi connectivity index (χ0v) is 32.9. The second kappa shape index (κ2) is 14.7. The molecule has 0 aromatic heterocycles. The molecule has 0 saturated carbocycles. The Bertz CT molecular complexity index is 2190. The van der Waals surface area contributed by atoms with Crippen molar-refractivity contribution in [3.05, 3.63) is 93.5 Å². The molecule has 1 spiro atoms. The van der Waals surface area contributed by atoms with Crippen molar-refractivity contribution in [3.8, 4) is 0 Å². The molecule has 0 aliphatic carbocycles. The Labute approximate surface area is 337 Å². The normalized spacial score (nSPS) is 24.2. The predicted octanol–water partition coefficient (Wildman–Crippen LogP) is 6.66. The van der Waals surface area contributed by atoms with Gasteiger partial charge < -0.3 is 14.7 Å². The molecule has 57 heavy (non-hydrogen) atoms. The Balaban J connectivity index is 0.739. The molecular weight excluding hydrogens is 745 g/mol. The first-order valence-electron chi connectivity index (χ1n) is 20.3. The molecule has 6 aliphatic rings. The fourth-order valence-electron chi connectivity index (χ4n) is 10.4. The Hall–Kier alpha value is -4.99. The number of carbonyl (C=O) groups excluding carboxylic acids is 4. The van der Waals surface area contributed by atoms with Crippen molar-refractivity contribution in [2.24, 2.45) is 17.3 Å². The van der Waals surface area contributed by atoms with Gasteiger partial charge in [-0.3, -0.25) is 34.3 Å². The van der Waals surface area contributed by atoms with Gasteiger partial charge >= 0.3 is 0 Å². The van der Waals surface area contributed by atoms with Gasteiger partial charge in [-0.05, 0) is 118 Å². The van der Waals surface area contributed by atoms with Crippen LogP contribution in [0.2, 0.25) is 5.02 Å². The minimum absolute atomic E-state index is 0.0921. The van der Waals surface area contributed by atoms with Gasteiger partial charge in [0.05, 0.1) is 17.7 Å². The number of likely N-dealkylation sites (tertiary alicyclic amines) is 1. The lowest BCUT2D eigenvalue weighted by atomic mass is 9.76. The maximum atomic E-state index is 15.6. The molecule has 5 fully saturated rings. The van der Waals surface area contributed by atoms with Crippen LogP contribution in [0.5, 0.6) is 0 Å². The molecular formula is C44H47ClFN7O4. The first kappa shape index (κ1) is 37.6. The van der Waals surface area contributed by atoms with E-state index in [0.717, 1.165) is 105 Å². The summed E-state index contributed by atoms with van der Waals surface area (Å²) in [6, 6.07) is 16.3.